The molecule has 0 fully saturated rings. The van der Waals surface area contributed by atoms with Gasteiger partial charge in [0.25, 0.3) is 0 Å². The van der Waals surface area contributed by atoms with Crippen molar-refractivity contribution in [3.8, 4) is 5.75 Å². The molecule has 2 aliphatic rings. The van der Waals surface area contributed by atoms with Crippen LogP contribution in [0.5, 0.6) is 5.75 Å². The summed E-state index contributed by atoms with van der Waals surface area (Å²) in [5, 5.41) is 13.5. The largest absolute Gasteiger partial charge is 0.491 e. The minimum atomic E-state index is -0.328. The Morgan fingerprint density at radius 1 is 1.21 bits per heavy atom. The lowest BCUT2D eigenvalue weighted by atomic mass is 9.90. The number of carbonyl (C=O) groups is 1. The predicted octanol–water partition coefficient (Wildman–Crippen LogP) is 2.61. The van der Waals surface area contributed by atoms with E-state index in [1.54, 1.807) is 0 Å². The van der Waals surface area contributed by atoms with E-state index in [0.29, 0.717) is 19.5 Å². The molecular formula is C23H28N2O3. The van der Waals surface area contributed by atoms with Crippen molar-refractivity contribution < 1.29 is 14.6 Å². The summed E-state index contributed by atoms with van der Waals surface area (Å²) >= 11 is 0. The van der Waals surface area contributed by atoms with Crippen molar-refractivity contribution in [2.24, 2.45) is 0 Å². The second-order valence-electron chi connectivity index (χ2n) is 7.91. The van der Waals surface area contributed by atoms with Gasteiger partial charge < -0.3 is 20.1 Å². The molecule has 2 heterocycles. The fourth-order valence-electron chi connectivity index (χ4n) is 4.31. The van der Waals surface area contributed by atoms with E-state index in [-0.39, 0.29) is 30.7 Å². The Balaban J connectivity index is 1.56. The van der Waals surface area contributed by atoms with Crippen molar-refractivity contribution in [2.45, 2.75) is 51.4 Å². The molecule has 2 N–H and O–H groups in total. The monoisotopic (exact) mass is 380 g/mol. The quantitative estimate of drug-likeness (QED) is 0.856. The summed E-state index contributed by atoms with van der Waals surface area (Å²) in [6.45, 7) is 5.22. The summed E-state index contributed by atoms with van der Waals surface area (Å²) in [7, 11) is 0. The molecule has 5 heteroatoms. The van der Waals surface area contributed by atoms with Gasteiger partial charge in [-0.05, 0) is 61.1 Å². The first-order valence-corrected chi connectivity index (χ1v) is 10.1. The minimum Gasteiger partial charge on any atom is -0.491 e. The van der Waals surface area contributed by atoms with Crippen LogP contribution >= 0.6 is 0 Å². The molecule has 0 saturated carbocycles. The highest BCUT2D eigenvalue weighted by Crippen LogP contribution is 2.33. The lowest BCUT2D eigenvalue weighted by molar-refractivity contribution is -0.137. The fraction of sp³-hybridized carbons (Fsp3) is 0.435. The first-order chi connectivity index (χ1) is 13.6. The molecule has 0 aliphatic carbocycles. The van der Waals surface area contributed by atoms with Gasteiger partial charge in [0.1, 0.15) is 5.75 Å². The van der Waals surface area contributed by atoms with E-state index in [1.165, 1.54) is 16.7 Å². The van der Waals surface area contributed by atoms with Crippen LogP contribution in [0.15, 0.2) is 42.5 Å². The second kappa shape index (κ2) is 7.94. The Morgan fingerprint density at radius 2 is 2.00 bits per heavy atom. The maximum absolute atomic E-state index is 13.3. The number of hydrogen-bond acceptors (Lipinski definition) is 4. The van der Waals surface area contributed by atoms with Gasteiger partial charge in [-0.1, -0.05) is 30.3 Å². The second-order valence-corrected chi connectivity index (χ2v) is 7.91. The van der Waals surface area contributed by atoms with Crippen LogP contribution in [0.25, 0.3) is 0 Å². The van der Waals surface area contributed by atoms with Gasteiger partial charge in [-0.15, -0.1) is 0 Å². The number of carbonyl (C=O) groups excluding carboxylic acids is 1. The normalized spacial score (nSPS) is 21.2. The molecule has 2 atom stereocenters. The summed E-state index contributed by atoms with van der Waals surface area (Å²) in [6, 6.07) is 13.7. The fourth-order valence-corrected chi connectivity index (χ4v) is 4.31. The molecule has 4 rings (SSSR count). The van der Waals surface area contributed by atoms with Gasteiger partial charge in [0.15, 0.2) is 0 Å². The number of ether oxygens (including phenoxy) is 1. The molecule has 28 heavy (non-hydrogen) atoms. The van der Waals surface area contributed by atoms with Gasteiger partial charge in [-0.25, -0.2) is 0 Å². The van der Waals surface area contributed by atoms with E-state index in [2.05, 4.69) is 23.5 Å². The van der Waals surface area contributed by atoms with Gasteiger partial charge in [-0.2, -0.15) is 0 Å². The van der Waals surface area contributed by atoms with Crippen molar-refractivity contribution in [3.63, 3.8) is 0 Å². The average molecular weight is 380 g/mol. The van der Waals surface area contributed by atoms with Crippen LogP contribution in [-0.4, -0.2) is 41.2 Å². The van der Waals surface area contributed by atoms with E-state index < -0.39 is 0 Å². The molecule has 2 aromatic carbocycles. The zero-order valence-corrected chi connectivity index (χ0v) is 16.5. The molecule has 2 aliphatic heterocycles. The Bertz CT molecular complexity index is 865. The number of fused-ring (bicyclic) bond motifs is 2. The van der Waals surface area contributed by atoms with Crippen molar-refractivity contribution in [1.82, 2.24) is 10.2 Å². The zero-order chi connectivity index (χ0) is 19.7. The zero-order valence-electron chi connectivity index (χ0n) is 16.5. The van der Waals surface area contributed by atoms with E-state index >= 15 is 0 Å². The number of amides is 1. The molecule has 0 bridgehead atoms. The highest BCUT2D eigenvalue weighted by atomic mass is 16.5. The first-order valence-electron chi connectivity index (χ1n) is 10.1. The smallest absolute Gasteiger partial charge is 0.240 e. The van der Waals surface area contributed by atoms with Crippen molar-refractivity contribution in [3.05, 3.63) is 64.7 Å². The minimum absolute atomic E-state index is 0.0642. The first kappa shape index (κ1) is 19.0. The average Bonchev–Trinajstić information content (AvgIpc) is 2.71. The van der Waals surface area contributed by atoms with Crippen molar-refractivity contribution >= 4 is 5.91 Å². The SMILES string of the molecule is CC(C)Oc1ccc2c(c1)C(CO)N(C(=O)C1Cc3ccccc3CN1)CC2. The number of nitrogens with one attached hydrogen (secondary N) is 1. The van der Waals surface area contributed by atoms with Crippen molar-refractivity contribution in [1.29, 1.82) is 0 Å². The van der Waals surface area contributed by atoms with Crippen LogP contribution in [0.4, 0.5) is 0 Å². The van der Waals surface area contributed by atoms with E-state index in [1.807, 2.05) is 43.0 Å². The van der Waals surface area contributed by atoms with Crippen LogP contribution in [-0.2, 0) is 24.2 Å². The highest BCUT2D eigenvalue weighted by molar-refractivity contribution is 5.83. The summed E-state index contributed by atoms with van der Waals surface area (Å²) < 4.78 is 5.83. The molecule has 1 amide bonds. The summed E-state index contributed by atoms with van der Waals surface area (Å²) in [4.78, 5) is 15.2. The number of nitrogens with zero attached hydrogens (tertiary/aromatic N) is 1. The molecule has 148 valence electrons. The lowest BCUT2D eigenvalue weighted by Gasteiger charge is -2.39. The Hall–Kier alpha value is -2.37. The maximum Gasteiger partial charge on any atom is 0.240 e. The third-order valence-corrected chi connectivity index (χ3v) is 5.68. The maximum atomic E-state index is 13.3. The van der Waals surface area contributed by atoms with Crippen LogP contribution in [0.3, 0.4) is 0 Å². The van der Waals surface area contributed by atoms with Gasteiger partial charge in [-0.3, -0.25) is 4.79 Å². The predicted molar refractivity (Wildman–Crippen MR) is 108 cm³/mol. The Morgan fingerprint density at radius 3 is 2.75 bits per heavy atom. The molecule has 2 aromatic rings. The van der Waals surface area contributed by atoms with Gasteiger partial charge >= 0.3 is 0 Å². The summed E-state index contributed by atoms with van der Waals surface area (Å²) in [5.74, 6) is 0.848. The molecule has 0 aromatic heterocycles. The third kappa shape index (κ3) is 3.64. The Kier molecular flexibility index (Phi) is 5.38. The van der Waals surface area contributed by atoms with Crippen LogP contribution in [0.2, 0.25) is 0 Å². The van der Waals surface area contributed by atoms with Gasteiger partial charge in [0.2, 0.25) is 5.91 Å². The van der Waals surface area contributed by atoms with E-state index in [9.17, 15) is 9.90 Å². The van der Waals surface area contributed by atoms with Gasteiger partial charge in [0.05, 0.1) is 24.8 Å². The van der Waals surface area contributed by atoms with Crippen LogP contribution in [0.1, 0.15) is 42.1 Å². The molecule has 2 unspecified atom stereocenters. The molecule has 5 nitrogen and oxygen atoms in total. The number of rotatable bonds is 4. The lowest BCUT2D eigenvalue weighted by Crippen LogP contribution is -2.52. The summed E-state index contributed by atoms with van der Waals surface area (Å²) in [6.07, 6.45) is 1.56. The van der Waals surface area contributed by atoms with Crippen LogP contribution in [0, 0.1) is 0 Å². The highest BCUT2D eigenvalue weighted by Gasteiger charge is 2.35. The topological polar surface area (TPSA) is 61.8 Å². The van der Waals surface area contributed by atoms with Gasteiger partial charge in [0, 0.05) is 13.1 Å². The van der Waals surface area contributed by atoms with E-state index in [4.69, 9.17) is 4.74 Å². The number of benzene rings is 2. The van der Waals surface area contributed by atoms with Crippen molar-refractivity contribution in [2.75, 3.05) is 13.2 Å². The number of hydrogen-bond donors (Lipinski definition) is 2. The van der Waals surface area contributed by atoms with Crippen LogP contribution < -0.4 is 10.1 Å². The molecule has 0 saturated heterocycles. The molecular weight excluding hydrogens is 352 g/mol. The number of aliphatic hydroxyl groups excluding tert-OH is 1. The third-order valence-electron chi connectivity index (χ3n) is 5.68. The summed E-state index contributed by atoms with van der Waals surface area (Å²) in [5.41, 5.74) is 4.66. The molecule has 0 radical (unpaired) electrons. The number of aliphatic hydroxyl groups is 1. The molecule has 0 spiro atoms. The van der Waals surface area contributed by atoms with E-state index in [0.717, 1.165) is 17.7 Å². The Labute approximate surface area is 166 Å². The standard InChI is InChI=1S/C23H28N2O3/c1-15(2)28-19-8-7-16-9-10-25(22(14-26)20(16)12-19)23(27)21-11-17-5-3-4-6-18(17)13-24-21/h3-8,12,15,21-22,24,26H,9-11,13-14H2,1-2H3.